The summed E-state index contributed by atoms with van der Waals surface area (Å²) in [7, 11) is 1.65. The molecule has 1 aromatic heterocycles. The SMILES string of the molecule is CCOc1ccc(-c2nc(CCCN)cs2)cc1OC. The van der Waals surface area contributed by atoms with E-state index in [9.17, 15) is 0 Å². The summed E-state index contributed by atoms with van der Waals surface area (Å²) in [5.41, 5.74) is 7.67. The van der Waals surface area contributed by atoms with Crippen LogP contribution in [0.1, 0.15) is 19.0 Å². The molecule has 108 valence electrons. The Morgan fingerprint density at radius 2 is 2.15 bits per heavy atom. The largest absolute Gasteiger partial charge is 0.493 e. The predicted octanol–water partition coefficient (Wildman–Crippen LogP) is 3.11. The quantitative estimate of drug-likeness (QED) is 0.852. The molecule has 0 amide bonds. The summed E-state index contributed by atoms with van der Waals surface area (Å²) in [5, 5.41) is 3.09. The first-order valence-electron chi connectivity index (χ1n) is 6.74. The van der Waals surface area contributed by atoms with E-state index in [2.05, 4.69) is 10.4 Å². The van der Waals surface area contributed by atoms with Gasteiger partial charge in [-0.05, 0) is 44.5 Å². The maximum Gasteiger partial charge on any atom is 0.161 e. The average Bonchev–Trinajstić information content (AvgIpc) is 2.94. The number of rotatable bonds is 7. The van der Waals surface area contributed by atoms with Crippen molar-refractivity contribution in [2.75, 3.05) is 20.3 Å². The van der Waals surface area contributed by atoms with E-state index in [1.54, 1.807) is 18.4 Å². The molecule has 0 fully saturated rings. The lowest BCUT2D eigenvalue weighted by molar-refractivity contribution is 0.311. The van der Waals surface area contributed by atoms with E-state index >= 15 is 0 Å². The van der Waals surface area contributed by atoms with Crippen molar-refractivity contribution < 1.29 is 9.47 Å². The van der Waals surface area contributed by atoms with Gasteiger partial charge in [-0.2, -0.15) is 0 Å². The van der Waals surface area contributed by atoms with Gasteiger partial charge in [0.2, 0.25) is 0 Å². The topological polar surface area (TPSA) is 57.4 Å². The number of aromatic nitrogens is 1. The summed E-state index contributed by atoms with van der Waals surface area (Å²) in [6.07, 6.45) is 1.90. The van der Waals surface area contributed by atoms with Crippen LogP contribution < -0.4 is 15.2 Å². The fraction of sp³-hybridized carbons (Fsp3) is 0.400. The molecule has 0 bridgehead atoms. The molecule has 0 saturated carbocycles. The number of nitrogens with two attached hydrogens (primary N) is 1. The Kier molecular flexibility index (Phi) is 5.38. The van der Waals surface area contributed by atoms with Crippen molar-refractivity contribution in [3.63, 3.8) is 0 Å². The lowest BCUT2D eigenvalue weighted by Gasteiger charge is -2.09. The zero-order chi connectivity index (χ0) is 14.4. The summed E-state index contributed by atoms with van der Waals surface area (Å²) >= 11 is 1.64. The van der Waals surface area contributed by atoms with E-state index < -0.39 is 0 Å². The zero-order valence-electron chi connectivity index (χ0n) is 11.9. The highest BCUT2D eigenvalue weighted by molar-refractivity contribution is 7.13. The molecule has 2 N–H and O–H groups in total. The molecule has 0 unspecified atom stereocenters. The van der Waals surface area contributed by atoms with E-state index in [1.165, 1.54) is 0 Å². The first kappa shape index (κ1) is 14.8. The summed E-state index contributed by atoms with van der Waals surface area (Å²) < 4.78 is 10.9. The van der Waals surface area contributed by atoms with Crippen molar-refractivity contribution in [2.24, 2.45) is 5.73 Å². The van der Waals surface area contributed by atoms with Crippen molar-refractivity contribution in [1.29, 1.82) is 0 Å². The van der Waals surface area contributed by atoms with Crippen LogP contribution in [0.25, 0.3) is 10.6 Å². The molecule has 0 saturated heterocycles. The van der Waals surface area contributed by atoms with Gasteiger partial charge in [0, 0.05) is 10.9 Å². The molecule has 5 heteroatoms. The molecule has 0 aliphatic rings. The van der Waals surface area contributed by atoms with Gasteiger partial charge in [-0.1, -0.05) is 0 Å². The van der Waals surface area contributed by atoms with Gasteiger partial charge in [0.25, 0.3) is 0 Å². The Morgan fingerprint density at radius 1 is 1.30 bits per heavy atom. The number of hydrogen-bond acceptors (Lipinski definition) is 5. The highest BCUT2D eigenvalue weighted by Gasteiger charge is 2.09. The molecular formula is C15H20N2O2S. The number of benzene rings is 1. The van der Waals surface area contributed by atoms with Crippen LogP contribution in [0.2, 0.25) is 0 Å². The molecule has 4 nitrogen and oxygen atoms in total. The lowest BCUT2D eigenvalue weighted by atomic mass is 10.2. The molecule has 2 rings (SSSR count). The monoisotopic (exact) mass is 292 g/mol. The summed E-state index contributed by atoms with van der Waals surface area (Å²) in [6, 6.07) is 5.91. The standard InChI is InChI=1S/C15H20N2O2S/c1-3-19-13-7-6-11(9-14(13)18-2)15-17-12(10-20-15)5-4-8-16/h6-7,9-10H,3-5,8,16H2,1-2H3. The Labute approximate surface area is 123 Å². The maximum atomic E-state index is 5.52. The molecule has 0 aliphatic heterocycles. The fourth-order valence-corrected chi connectivity index (χ4v) is 2.76. The van der Waals surface area contributed by atoms with Crippen LogP contribution >= 0.6 is 11.3 Å². The Hall–Kier alpha value is -1.59. The van der Waals surface area contributed by atoms with Gasteiger partial charge in [-0.15, -0.1) is 11.3 Å². The third-order valence-electron chi connectivity index (χ3n) is 2.90. The van der Waals surface area contributed by atoms with Gasteiger partial charge in [0.1, 0.15) is 5.01 Å². The second-order valence-corrected chi connectivity index (χ2v) is 5.19. The summed E-state index contributed by atoms with van der Waals surface area (Å²) in [6.45, 7) is 3.28. The third-order valence-corrected chi connectivity index (χ3v) is 3.84. The van der Waals surface area contributed by atoms with Gasteiger partial charge >= 0.3 is 0 Å². The van der Waals surface area contributed by atoms with E-state index in [4.69, 9.17) is 15.2 Å². The molecule has 1 heterocycles. The second kappa shape index (κ2) is 7.26. The maximum absolute atomic E-state index is 5.52. The first-order chi connectivity index (χ1) is 9.78. The second-order valence-electron chi connectivity index (χ2n) is 4.33. The number of ether oxygens (including phenoxy) is 2. The summed E-state index contributed by atoms with van der Waals surface area (Å²) in [5.74, 6) is 1.50. The molecule has 2 aromatic rings. The average molecular weight is 292 g/mol. The lowest BCUT2D eigenvalue weighted by Crippen LogP contribution is -2.00. The van der Waals surface area contributed by atoms with Crippen molar-refractivity contribution >= 4 is 11.3 Å². The van der Waals surface area contributed by atoms with E-state index in [-0.39, 0.29) is 0 Å². The smallest absolute Gasteiger partial charge is 0.161 e. The highest BCUT2D eigenvalue weighted by Crippen LogP contribution is 2.33. The molecular weight excluding hydrogens is 272 g/mol. The number of aryl methyl sites for hydroxylation is 1. The van der Waals surface area contributed by atoms with E-state index in [0.717, 1.165) is 40.6 Å². The van der Waals surface area contributed by atoms with Crippen LogP contribution in [-0.4, -0.2) is 25.2 Å². The number of methoxy groups -OCH3 is 1. The van der Waals surface area contributed by atoms with Crippen molar-refractivity contribution in [1.82, 2.24) is 4.98 Å². The molecule has 0 spiro atoms. The zero-order valence-corrected chi connectivity index (χ0v) is 12.7. The minimum atomic E-state index is 0.621. The van der Waals surface area contributed by atoms with Gasteiger partial charge < -0.3 is 15.2 Å². The van der Waals surface area contributed by atoms with Crippen molar-refractivity contribution in [3.8, 4) is 22.1 Å². The Balaban J connectivity index is 2.21. The van der Waals surface area contributed by atoms with Crippen LogP contribution in [0.3, 0.4) is 0 Å². The van der Waals surface area contributed by atoms with Crippen LogP contribution in [-0.2, 0) is 6.42 Å². The summed E-state index contributed by atoms with van der Waals surface area (Å²) in [4.78, 5) is 4.64. The fourth-order valence-electron chi connectivity index (χ4n) is 1.91. The normalized spacial score (nSPS) is 10.6. The highest BCUT2D eigenvalue weighted by atomic mass is 32.1. The van der Waals surface area contributed by atoms with Crippen LogP contribution in [0.4, 0.5) is 0 Å². The van der Waals surface area contributed by atoms with Gasteiger partial charge in [-0.3, -0.25) is 0 Å². The van der Waals surface area contributed by atoms with Crippen molar-refractivity contribution in [2.45, 2.75) is 19.8 Å². The minimum Gasteiger partial charge on any atom is -0.493 e. The Morgan fingerprint density at radius 3 is 2.85 bits per heavy atom. The number of thiazole rings is 1. The molecule has 0 atom stereocenters. The molecule has 0 radical (unpaired) electrons. The van der Waals surface area contributed by atoms with Crippen LogP contribution in [0, 0.1) is 0 Å². The van der Waals surface area contributed by atoms with E-state index in [0.29, 0.717) is 13.2 Å². The molecule has 20 heavy (non-hydrogen) atoms. The van der Waals surface area contributed by atoms with Gasteiger partial charge in [-0.25, -0.2) is 4.98 Å². The van der Waals surface area contributed by atoms with E-state index in [1.807, 2.05) is 25.1 Å². The third kappa shape index (κ3) is 3.49. The van der Waals surface area contributed by atoms with Crippen LogP contribution in [0.15, 0.2) is 23.6 Å². The molecule has 1 aromatic carbocycles. The number of nitrogens with zero attached hydrogens (tertiary/aromatic N) is 1. The minimum absolute atomic E-state index is 0.621. The Bertz CT molecular complexity index is 555. The first-order valence-corrected chi connectivity index (χ1v) is 7.62. The predicted molar refractivity (Wildman–Crippen MR) is 82.6 cm³/mol. The van der Waals surface area contributed by atoms with Gasteiger partial charge in [0.05, 0.1) is 19.4 Å². The molecule has 0 aliphatic carbocycles. The van der Waals surface area contributed by atoms with Crippen molar-refractivity contribution in [3.05, 3.63) is 29.3 Å². The number of hydrogen-bond donors (Lipinski definition) is 1. The van der Waals surface area contributed by atoms with Gasteiger partial charge in [0.15, 0.2) is 11.5 Å². The van der Waals surface area contributed by atoms with Crippen LogP contribution in [0.5, 0.6) is 11.5 Å².